The van der Waals surface area contributed by atoms with Crippen LogP contribution in [-0.2, 0) is 9.53 Å². The predicted octanol–water partition coefficient (Wildman–Crippen LogP) is 3.26. The molecular weight excluding hydrogens is 434 g/mol. The number of thiazole rings is 1. The van der Waals surface area contributed by atoms with Gasteiger partial charge >= 0.3 is 5.97 Å². The maximum atomic E-state index is 13.6. The van der Waals surface area contributed by atoms with Crippen LogP contribution in [0.3, 0.4) is 0 Å². The Hall–Kier alpha value is -3.84. The van der Waals surface area contributed by atoms with E-state index in [2.05, 4.69) is 11.1 Å². The molecule has 2 aromatic heterocycles. The number of ether oxygens (including phenoxy) is 1. The SMILES string of the molecule is COC(=O)C1=C(C)N=c2s/c(=C/c3ccc4cc(C)ccc4n3)c(=O)n2[C@H]1c1ccccc1. The third-order valence-corrected chi connectivity index (χ3v) is 6.67. The first-order chi connectivity index (χ1) is 16.0. The molecule has 0 radical (unpaired) electrons. The number of nitrogens with zero attached hydrogens (tertiary/aromatic N) is 3. The highest BCUT2D eigenvalue weighted by Gasteiger charge is 2.32. The number of esters is 1. The first-order valence-electron chi connectivity index (χ1n) is 10.5. The zero-order valence-electron chi connectivity index (χ0n) is 18.4. The Balaban J connectivity index is 1.71. The monoisotopic (exact) mass is 455 g/mol. The lowest BCUT2D eigenvalue weighted by Gasteiger charge is -2.24. The normalized spacial score (nSPS) is 16.0. The maximum absolute atomic E-state index is 13.6. The van der Waals surface area contributed by atoms with E-state index in [4.69, 9.17) is 9.72 Å². The van der Waals surface area contributed by atoms with E-state index in [1.807, 2.05) is 61.5 Å². The van der Waals surface area contributed by atoms with Gasteiger partial charge in [0.05, 0.1) is 40.2 Å². The smallest absolute Gasteiger partial charge is 0.338 e. The van der Waals surface area contributed by atoms with Crippen molar-refractivity contribution in [3.8, 4) is 0 Å². The van der Waals surface area contributed by atoms with E-state index in [0.717, 1.165) is 16.5 Å². The van der Waals surface area contributed by atoms with Crippen molar-refractivity contribution >= 4 is 34.3 Å². The topological polar surface area (TPSA) is 73.6 Å². The molecular formula is C26H21N3O3S. The molecule has 3 heterocycles. The standard InChI is InChI=1S/C26H21N3O3S/c1-15-9-12-20-18(13-15)10-11-19(28-20)14-21-24(30)29-23(17-7-5-4-6-8-17)22(25(31)32-3)16(2)27-26(29)33-21/h4-14,23H,1-3H3/b21-14+/t23-/m0/s1. The Morgan fingerprint density at radius 2 is 1.88 bits per heavy atom. The van der Waals surface area contributed by atoms with E-state index < -0.39 is 12.0 Å². The van der Waals surface area contributed by atoms with E-state index in [-0.39, 0.29) is 5.56 Å². The molecule has 0 spiro atoms. The molecule has 1 atom stereocenters. The summed E-state index contributed by atoms with van der Waals surface area (Å²) in [5.74, 6) is -0.495. The molecule has 33 heavy (non-hydrogen) atoms. The van der Waals surface area contributed by atoms with Crippen LogP contribution in [0.1, 0.15) is 29.8 Å². The lowest BCUT2D eigenvalue weighted by Crippen LogP contribution is -2.39. The Bertz CT molecular complexity index is 1610. The third-order valence-electron chi connectivity index (χ3n) is 5.69. The van der Waals surface area contributed by atoms with Crippen LogP contribution in [0.4, 0.5) is 0 Å². The zero-order chi connectivity index (χ0) is 23.1. The minimum atomic E-state index is -0.607. The van der Waals surface area contributed by atoms with Gasteiger partial charge in [-0.25, -0.2) is 14.8 Å². The highest BCUT2D eigenvalue weighted by molar-refractivity contribution is 7.07. The summed E-state index contributed by atoms with van der Waals surface area (Å²) in [5, 5.41) is 1.05. The van der Waals surface area contributed by atoms with E-state index in [1.165, 1.54) is 24.0 Å². The summed E-state index contributed by atoms with van der Waals surface area (Å²) in [6, 6.07) is 18.8. The Morgan fingerprint density at radius 3 is 2.64 bits per heavy atom. The van der Waals surface area contributed by atoms with Gasteiger partial charge in [-0.3, -0.25) is 9.36 Å². The number of benzene rings is 2. The number of aromatic nitrogens is 2. The number of hydrogen-bond acceptors (Lipinski definition) is 6. The number of hydrogen-bond donors (Lipinski definition) is 0. The van der Waals surface area contributed by atoms with E-state index >= 15 is 0 Å². The Kier molecular flexibility index (Phi) is 5.26. The van der Waals surface area contributed by atoms with Gasteiger partial charge in [-0.2, -0.15) is 0 Å². The summed E-state index contributed by atoms with van der Waals surface area (Å²) in [5.41, 5.74) is 4.24. The molecule has 0 N–H and O–H groups in total. The molecule has 6 nitrogen and oxygen atoms in total. The fourth-order valence-corrected chi connectivity index (χ4v) is 5.15. The average molecular weight is 456 g/mol. The second kappa shape index (κ2) is 8.26. The molecule has 0 saturated heterocycles. The zero-order valence-corrected chi connectivity index (χ0v) is 19.2. The predicted molar refractivity (Wildman–Crippen MR) is 129 cm³/mol. The molecule has 4 aromatic rings. The van der Waals surface area contributed by atoms with Crippen molar-refractivity contribution in [2.24, 2.45) is 4.99 Å². The molecule has 1 aliphatic heterocycles. The fraction of sp³-hybridized carbons (Fsp3) is 0.154. The van der Waals surface area contributed by atoms with Gasteiger partial charge in [0.2, 0.25) is 0 Å². The van der Waals surface area contributed by atoms with Crippen molar-refractivity contribution in [1.82, 2.24) is 9.55 Å². The summed E-state index contributed by atoms with van der Waals surface area (Å²) in [6.07, 6.45) is 1.78. The van der Waals surface area contributed by atoms with Gasteiger partial charge in [-0.05, 0) is 43.7 Å². The number of pyridine rings is 1. The summed E-state index contributed by atoms with van der Waals surface area (Å²) >= 11 is 1.29. The molecule has 0 aliphatic carbocycles. The number of fused-ring (bicyclic) bond motifs is 2. The molecule has 1 aliphatic rings. The van der Waals surface area contributed by atoms with E-state index in [0.29, 0.717) is 26.3 Å². The third kappa shape index (κ3) is 3.70. The highest BCUT2D eigenvalue weighted by atomic mass is 32.1. The van der Waals surface area contributed by atoms with Crippen LogP contribution < -0.4 is 14.9 Å². The molecule has 164 valence electrons. The van der Waals surface area contributed by atoms with Crippen molar-refractivity contribution in [2.45, 2.75) is 19.9 Å². The van der Waals surface area contributed by atoms with Gasteiger partial charge in [0.15, 0.2) is 4.80 Å². The number of rotatable bonds is 3. The number of methoxy groups -OCH3 is 1. The van der Waals surface area contributed by atoms with Crippen molar-refractivity contribution in [2.75, 3.05) is 7.11 Å². The first kappa shape index (κ1) is 21.0. The average Bonchev–Trinajstić information content (AvgIpc) is 3.12. The molecule has 5 rings (SSSR count). The van der Waals surface area contributed by atoms with Gasteiger partial charge in [0, 0.05) is 5.39 Å². The highest BCUT2D eigenvalue weighted by Crippen LogP contribution is 2.30. The van der Waals surface area contributed by atoms with Crippen molar-refractivity contribution in [3.63, 3.8) is 0 Å². The molecule has 2 aromatic carbocycles. The lowest BCUT2D eigenvalue weighted by molar-refractivity contribution is -0.136. The number of allylic oxidation sites excluding steroid dienone is 1. The summed E-state index contributed by atoms with van der Waals surface area (Å²) in [6.45, 7) is 3.81. The summed E-state index contributed by atoms with van der Waals surface area (Å²) in [4.78, 5) is 36.0. The number of carbonyl (C=O) groups excluding carboxylic acids is 1. The minimum Gasteiger partial charge on any atom is -0.466 e. The van der Waals surface area contributed by atoms with Crippen LogP contribution in [-0.4, -0.2) is 22.6 Å². The van der Waals surface area contributed by atoms with Crippen molar-refractivity contribution in [1.29, 1.82) is 0 Å². The number of carbonyl (C=O) groups is 1. The van der Waals surface area contributed by atoms with Crippen LogP contribution in [0.5, 0.6) is 0 Å². The summed E-state index contributed by atoms with van der Waals surface area (Å²) in [7, 11) is 1.34. The van der Waals surface area contributed by atoms with E-state index in [1.54, 1.807) is 17.6 Å². The molecule has 7 heteroatoms. The van der Waals surface area contributed by atoms with Crippen LogP contribution in [0, 0.1) is 6.92 Å². The van der Waals surface area contributed by atoms with Crippen LogP contribution >= 0.6 is 11.3 Å². The molecule has 0 amide bonds. The van der Waals surface area contributed by atoms with Gasteiger partial charge < -0.3 is 4.74 Å². The second-order valence-electron chi connectivity index (χ2n) is 7.92. The molecule has 0 fully saturated rings. The van der Waals surface area contributed by atoms with Crippen LogP contribution in [0.25, 0.3) is 17.0 Å². The second-order valence-corrected chi connectivity index (χ2v) is 8.93. The Morgan fingerprint density at radius 1 is 1.09 bits per heavy atom. The van der Waals surface area contributed by atoms with Crippen LogP contribution in [0.2, 0.25) is 0 Å². The minimum absolute atomic E-state index is 0.215. The van der Waals surface area contributed by atoms with Gasteiger partial charge in [-0.15, -0.1) is 0 Å². The lowest BCUT2D eigenvalue weighted by atomic mass is 9.96. The van der Waals surface area contributed by atoms with Gasteiger partial charge in [-0.1, -0.05) is 59.4 Å². The van der Waals surface area contributed by atoms with Crippen LogP contribution in [0.15, 0.2) is 81.7 Å². The maximum Gasteiger partial charge on any atom is 0.338 e. The van der Waals surface area contributed by atoms with Crippen molar-refractivity contribution in [3.05, 3.63) is 108 Å². The van der Waals surface area contributed by atoms with E-state index in [9.17, 15) is 9.59 Å². The summed E-state index contributed by atoms with van der Waals surface area (Å²) < 4.78 is 7.12. The largest absolute Gasteiger partial charge is 0.466 e. The quantitative estimate of drug-likeness (QED) is 0.445. The Labute approximate surface area is 193 Å². The van der Waals surface area contributed by atoms with Gasteiger partial charge in [0.1, 0.15) is 0 Å². The first-order valence-corrected chi connectivity index (χ1v) is 11.3. The van der Waals surface area contributed by atoms with Gasteiger partial charge in [0.25, 0.3) is 5.56 Å². The molecule has 0 saturated carbocycles. The van der Waals surface area contributed by atoms with Crippen molar-refractivity contribution < 1.29 is 9.53 Å². The molecule has 0 bridgehead atoms. The molecule has 0 unspecified atom stereocenters. The number of aryl methyl sites for hydroxylation is 1. The fourth-order valence-electron chi connectivity index (χ4n) is 4.12.